The molecule has 0 fully saturated rings. The molecule has 4 aromatic heterocycles. The number of rotatable bonds is 5. The van der Waals surface area contributed by atoms with Gasteiger partial charge in [-0.1, -0.05) is 5.16 Å². The van der Waals surface area contributed by atoms with Crippen LogP contribution in [0, 0.1) is 6.92 Å². The molecule has 0 radical (unpaired) electrons. The molecule has 1 unspecified atom stereocenters. The Morgan fingerprint density at radius 3 is 2.51 bits per heavy atom. The van der Waals surface area contributed by atoms with E-state index in [9.17, 15) is 26.7 Å². The summed E-state index contributed by atoms with van der Waals surface area (Å²) in [5.74, 6) is -5.78. The maximum Gasteiger partial charge on any atom is 0.453 e. The molecule has 1 aliphatic heterocycles. The van der Waals surface area contributed by atoms with Gasteiger partial charge in [0.2, 0.25) is 11.8 Å². The predicted octanol–water partition coefficient (Wildman–Crippen LogP) is 2.48. The molecule has 0 spiro atoms. The fourth-order valence-corrected chi connectivity index (χ4v) is 3.99. The normalized spacial score (nSPS) is 17.9. The molecule has 4 aromatic rings. The number of amides is 1. The lowest BCUT2D eigenvalue weighted by atomic mass is 9.83. The number of nitrogens with zero attached hydrogens (tertiary/aromatic N) is 8. The van der Waals surface area contributed by atoms with Crippen molar-refractivity contribution >= 4 is 28.6 Å². The van der Waals surface area contributed by atoms with Gasteiger partial charge >= 0.3 is 12.1 Å². The first-order chi connectivity index (χ1) is 17.2. The molecule has 1 aliphatic rings. The predicted molar refractivity (Wildman–Crippen MR) is 115 cm³/mol. The molecule has 0 bridgehead atoms. The highest BCUT2D eigenvalue weighted by molar-refractivity contribution is 6.08. The second kappa shape index (κ2) is 7.84. The van der Waals surface area contributed by atoms with Crippen molar-refractivity contribution in [2.75, 3.05) is 11.1 Å². The number of aryl methyl sites for hydroxylation is 3. The molecule has 0 aromatic carbocycles. The molecule has 1 amide bonds. The maximum atomic E-state index is 13.5. The van der Waals surface area contributed by atoms with Crippen LogP contribution in [0.2, 0.25) is 0 Å². The van der Waals surface area contributed by atoms with Crippen LogP contribution in [0.5, 0.6) is 0 Å². The summed E-state index contributed by atoms with van der Waals surface area (Å²) in [6.45, 7) is 3.06. The number of carbonyl (C=O) groups excluding carboxylic acids is 1. The topological polar surface area (TPSA) is 163 Å². The number of alkyl halides is 5. The van der Waals surface area contributed by atoms with Crippen molar-refractivity contribution in [2.24, 2.45) is 7.05 Å². The van der Waals surface area contributed by atoms with E-state index in [0.29, 0.717) is 0 Å². The van der Waals surface area contributed by atoms with E-state index in [2.05, 4.69) is 40.5 Å². The summed E-state index contributed by atoms with van der Waals surface area (Å²) in [7, 11) is 1.50. The molecule has 194 valence electrons. The molecule has 0 aliphatic carbocycles. The van der Waals surface area contributed by atoms with E-state index in [1.165, 1.54) is 24.9 Å². The van der Waals surface area contributed by atoms with Crippen LogP contribution in [0.3, 0.4) is 0 Å². The van der Waals surface area contributed by atoms with Crippen molar-refractivity contribution < 1.29 is 31.3 Å². The molecular formula is C20H17F5N10O2. The Labute approximate surface area is 203 Å². The summed E-state index contributed by atoms with van der Waals surface area (Å²) in [4.78, 5) is 33.9. The minimum absolute atomic E-state index is 0.0174. The zero-order valence-electron chi connectivity index (χ0n) is 19.4. The summed E-state index contributed by atoms with van der Waals surface area (Å²) >= 11 is 0. The van der Waals surface area contributed by atoms with Gasteiger partial charge in [-0.3, -0.25) is 9.48 Å². The van der Waals surface area contributed by atoms with Gasteiger partial charge in [-0.15, -0.1) is 0 Å². The van der Waals surface area contributed by atoms with Gasteiger partial charge in [0.15, 0.2) is 17.3 Å². The number of anilines is 2. The van der Waals surface area contributed by atoms with E-state index in [4.69, 9.17) is 10.3 Å². The van der Waals surface area contributed by atoms with E-state index in [-0.39, 0.29) is 57.3 Å². The van der Waals surface area contributed by atoms with Crippen LogP contribution in [0.25, 0.3) is 22.6 Å². The van der Waals surface area contributed by atoms with Crippen LogP contribution in [0.15, 0.2) is 10.7 Å². The largest absolute Gasteiger partial charge is 0.453 e. The molecule has 0 saturated carbocycles. The van der Waals surface area contributed by atoms with Gasteiger partial charge in [0.1, 0.15) is 28.6 Å². The second-order valence-electron chi connectivity index (χ2n) is 8.57. The first-order valence-corrected chi connectivity index (χ1v) is 10.7. The minimum atomic E-state index is -5.72. The number of hydrogen-bond acceptors (Lipinski definition) is 10. The first-order valence-electron chi connectivity index (χ1n) is 10.7. The summed E-state index contributed by atoms with van der Waals surface area (Å²) < 4.78 is 71.3. The van der Waals surface area contributed by atoms with Crippen LogP contribution >= 0.6 is 0 Å². The van der Waals surface area contributed by atoms with Crippen LogP contribution < -0.4 is 11.1 Å². The van der Waals surface area contributed by atoms with Crippen molar-refractivity contribution in [3.63, 3.8) is 0 Å². The van der Waals surface area contributed by atoms with Gasteiger partial charge in [0, 0.05) is 26.8 Å². The van der Waals surface area contributed by atoms with Crippen LogP contribution in [0.4, 0.5) is 33.6 Å². The zero-order chi connectivity index (χ0) is 26.9. The Bertz CT molecular complexity index is 1560. The number of fused-ring (bicyclic) bond motifs is 2. The van der Waals surface area contributed by atoms with E-state index in [0.717, 1.165) is 0 Å². The van der Waals surface area contributed by atoms with Gasteiger partial charge in [-0.2, -0.15) is 32.0 Å². The molecule has 17 heteroatoms. The number of nitrogen functional groups attached to an aromatic ring is 1. The molecule has 3 N–H and O–H groups in total. The van der Waals surface area contributed by atoms with E-state index in [1.54, 1.807) is 6.92 Å². The molecule has 0 saturated heterocycles. The third kappa shape index (κ3) is 3.72. The smallest absolute Gasteiger partial charge is 0.383 e. The van der Waals surface area contributed by atoms with E-state index < -0.39 is 36.3 Å². The monoisotopic (exact) mass is 524 g/mol. The SMILES string of the molecule is Cc1nc(C2(C)C(=O)Nc3nc(-c4nc(CCC(F)(F)C(F)(F)F)nc5c4cnn5C)nc(N)c32)no1. The zero-order valence-corrected chi connectivity index (χ0v) is 19.4. The molecule has 37 heavy (non-hydrogen) atoms. The highest BCUT2D eigenvalue weighted by Gasteiger charge is 2.56. The van der Waals surface area contributed by atoms with Crippen molar-refractivity contribution in [3.8, 4) is 11.5 Å². The standard InChI is InChI=1S/C20H17F5N10O2/c1-7-28-16(34-37-7)18(2)10-12(26)31-14(32-13(10)33-17(18)36)11-8-6-27-35(3)15(8)30-9(29-11)4-5-19(21,22)20(23,24)25/h6H,4-5H2,1-3H3,(H3,26,31,32,33,36). The Hall–Kier alpha value is -4.31. The molecule has 5 heterocycles. The average molecular weight is 524 g/mol. The van der Waals surface area contributed by atoms with Crippen LogP contribution in [-0.2, 0) is 23.7 Å². The number of hydrogen-bond donors (Lipinski definition) is 2. The maximum absolute atomic E-state index is 13.5. The van der Waals surface area contributed by atoms with Crippen molar-refractivity contribution in [1.29, 1.82) is 0 Å². The minimum Gasteiger partial charge on any atom is -0.383 e. The number of nitrogens with one attached hydrogen (secondary N) is 1. The number of halogens is 5. The Kier molecular flexibility index (Phi) is 5.17. The van der Waals surface area contributed by atoms with Gasteiger partial charge in [-0.05, 0) is 6.92 Å². The number of nitrogens with two attached hydrogens (primary N) is 1. The quantitative estimate of drug-likeness (QED) is 0.371. The third-order valence-corrected chi connectivity index (χ3v) is 6.03. The van der Waals surface area contributed by atoms with Crippen LogP contribution in [0.1, 0.15) is 36.4 Å². The van der Waals surface area contributed by atoms with Gasteiger partial charge < -0.3 is 15.6 Å². The summed E-state index contributed by atoms with van der Waals surface area (Å²) in [5, 5.41) is 10.8. The van der Waals surface area contributed by atoms with Crippen molar-refractivity contribution in [2.45, 2.75) is 44.2 Å². The molecule has 5 rings (SSSR count). The summed E-state index contributed by atoms with van der Waals surface area (Å²) in [6, 6.07) is 0. The molecule has 12 nitrogen and oxygen atoms in total. The van der Waals surface area contributed by atoms with Gasteiger partial charge in [-0.25, -0.2) is 19.9 Å². The number of aromatic nitrogens is 8. The lowest BCUT2D eigenvalue weighted by Crippen LogP contribution is -2.36. The van der Waals surface area contributed by atoms with Crippen molar-refractivity contribution in [3.05, 3.63) is 29.3 Å². The van der Waals surface area contributed by atoms with Crippen LogP contribution in [-0.4, -0.2) is 57.9 Å². The fraction of sp³-hybridized carbons (Fsp3) is 0.400. The third-order valence-electron chi connectivity index (χ3n) is 6.03. The van der Waals surface area contributed by atoms with Gasteiger partial charge in [0.25, 0.3) is 0 Å². The van der Waals surface area contributed by atoms with E-state index >= 15 is 0 Å². The highest BCUT2D eigenvalue weighted by atomic mass is 19.4. The van der Waals surface area contributed by atoms with Gasteiger partial charge in [0.05, 0.1) is 17.1 Å². The summed E-state index contributed by atoms with van der Waals surface area (Å²) in [6.07, 6.45) is -6.72. The first kappa shape index (κ1) is 24.4. The highest BCUT2D eigenvalue weighted by Crippen LogP contribution is 2.44. The summed E-state index contributed by atoms with van der Waals surface area (Å²) in [5.41, 5.74) is 5.07. The van der Waals surface area contributed by atoms with E-state index in [1.807, 2.05) is 0 Å². The second-order valence-corrected chi connectivity index (χ2v) is 8.57. The Morgan fingerprint density at radius 2 is 1.86 bits per heavy atom. The lowest BCUT2D eigenvalue weighted by molar-refractivity contribution is -0.284. The lowest BCUT2D eigenvalue weighted by Gasteiger charge is -2.19. The Balaban J connectivity index is 1.61. The molecular weight excluding hydrogens is 507 g/mol. The Morgan fingerprint density at radius 1 is 1.14 bits per heavy atom. The molecule has 1 atom stereocenters. The number of carbonyl (C=O) groups is 1. The average Bonchev–Trinajstić information content (AvgIpc) is 3.48. The van der Waals surface area contributed by atoms with Crippen molar-refractivity contribution in [1.82, 2.24) is 39.9 Å². The fourth-order valence-electron chi connectivity index (χ4n) is 3.99.